The van der Waals surface area contributed by atoms with Crippen molar-refractivity contribution in [2.24, 2.45) is 0 Å². The average molecular weight is 334 g/mol. The van der Waals surface area contributed by atoms with Crippen molar-refractivity contribution in [3.05, 3.63) is 54.1 Å². The minimum Gasteiger partial charge on any atom is -0.495 e. The van der Waals surface area contributed by atoms with Crippen molar-refractivity contribution in [2.75, 3.05) is 22.9 Å². The number of ether oxygens (including phenoxy) is 1. The molecule has 6 heteroatoms. The molecule has 0 amide bonds. The van der Waals surface area contributed by atoms with Crippen molar-refractivity contribution < 1.29 is 13.2 Å². The third-order valence-electron chi connectivity index (χ3n) is 3.54. The number of para-hydroxylation sites is 2. The van der Waals surface area contributed by atoms with Gasteiger partial charge >= 0.3 is 0 Å². The van der Waals surface area contributed by atoms with Crippen molar-refractivity contribution in [1.82, 2.24) is 0 Å². The molecule has 0 aliphatic rings. The Hall–Kier alpha value is -2.21. The summed E-state index contributed by atoms with van der Waals surface area (Å²) in [5.74, 6) is 0.840. The van der Waals surface area contributed by atoms with E-state index in [4.69, 9.17) is 4.74 Å². The first kappa shape index (κ1) is 17.1. The number of hydrogen-bond donors (Lipinski definition) is 2. The van der Waals surface area contributed by atoms with Crippen LogP contribution in [0.1, 0.15) is 25.5 Å². The Morgan fingerprint density at radius 3 is 2.35 bits per heavy atom. The molecular formula is C17H22N2O3S. The third-order valence-corrected chi connectivity index (χ3v) is 4.85. The summed E-state index contributed by atoms with van der Waals surface area (Å²) in [7, 11) is -1.61. The van der Waals surface area contributed by atoms with Gasteiger partial charge in [-0.1, -0.05) is 24.3 Å². The molecule has 0 fully saturated rings. The van der Waals surface area contributed by atoms with Crippen molar-refractivity contribution in [2.45, 2.75) is 19.9 Å². The highest BCUT2D eigenvalue weighted by Crippen LogP contribution is 2.28. The molecule has 2 N–H and O–H groups in total. The van der Waals surface area contributed by atoms with Crippen LogP contribution in [0.3, 0.4) is 0 Å². The van der Waals surface area contributed by atoms with E-state index in [0.29, 0.717) is 5.69 Å². The lowest BCUT2D eigenvalue weighted by Crippen LogP contribution is -2.14. The highest BCUT2D eigenvalue weighted by atomic mass is 32.2. The normalized spacial score (nSPS) is 12.5. The van der Waals surface area contributed by atoms with Crippen molar-refractivity contribution >= 4 is 21.4 Å². The van der Waals surface area contributed by atoms with Crippen LogP contribution in [0.2, 0.25) is 0 Å². The van der Waals surface area contributed by atoms with E-state index in [2.05, 4.69) is 10.0 Å². The van der Waals surface area contributed by atoms with Gasteiger partial charge in [0.15, 0.2) is 0 Å². The molecule has 0 spiro atoms. The van der Waals surface area contributed by atoms with Crippen LogP contribution < -0.4 is 14.8 Å². The fourth-order valence-electron chi connectivity index (χ4n) is 2.17. The zero-order valence-electron chi connectivity index (χ0n) is 13.5. The molecule has 2 aromatic carbocycles. The molecule has 0 aromatic heterocycles. The number of methoxy groups -OCH3 is 1. The second kappa shape index (κ2) is 7.37. The van der Waals surface area contributed by atoms with Crippen LogP contribution in [0.5, 0.6) is 5.75 Å². The van der Waals surface area contributed by atoms with Crippen LogP contribution in [0.15, 0.2) is 48.5 Å². The monoisotopic (exact) mass is 334 g/mol. The summed E-state index contributed by atoms with van der Waals surface area (Å²) in [5.41, 5.74) is 2.54. The highest BCUT2D eigenvalue weighted by molar-refractivity contribution is 7.92. The van der Waals surface area contributed by atoms with E-state index in [1.807, 2.05) is 43.3 Å². The van der Waals surface area contributed by atoms with Gasteiger partial charge in [-0.05, 0) is 43.7 Å². The van der Waals surface area contributed by atoms with Gasteiger partial charge in [-0.25, -0.2) is 8.42 Å². The van der Waals surface area contributed by atoms with Gasteiger partial charge in [-0.2, -0.15) is 0 Å². The Labute approximate surface area is 137 Å². The van der Waals surface area contributed by atoms with Crippen LogP contribution in [-0.4, -0.2) is 21.3 Å². The lowest BCUT2D eigenvalue weighted by atomic mass is 10.1. The number of benzene rings is 2. The standard InChI is InChI=1S/C17H22N2O3S/c1-4-23(20,21)19-15-11-9-14(10-12-15)13(2)18-16-7-5-6-8-17(16)22-3/h5-13,18-19H,4H2,1-3H3/t13-/m0/s1. The summed E-state index contributed by atoms with van der Waals surface area (Å²) in [4.78, 5) is 0. The molecule has 1 atom stereocenters. The summed E-state index contributed by atoms with van der Waals surface area (Å²) < 4.78 is 31.0. The Balaban J connectivity index is 2.10. The van der Waals surface area contributed by atoms with E-state index in [1.165, 1.54) is 0 Å². The number of anilines is 2. The first-order chi connectivity index (χ1) is 10.9. The molecule has 124 valence electrons. The Bertz CT molecular complexity index is 743. The summed E-state index contributed by atoms with van der Waals surface area (Å²) in [6.07, 6.45) is 0. The Kier molecular flexibility index (Phi) is 5.50. The summed E-state index contributed by atoms with van der Waals surface area (Å²) in [6, 6.07) is 15.1. The van der Waals surface area contributed by atoms with E-state index in [-0.39, 0.29) is 11.8 Å². The first-order valence-corrected chi connectivity index (χ1v) is 9.10. The molecular weight excluding hydrogens is 312 g/mol. The molecule has 2 aromatic rings. The van der Waals surface area contributed by atoms with E-state index >= 15 is 0 Å². The predicted molar refractivity (Wildman–Crippen MR) is 94.6 cm³/mol. The number of rotatable bonds is 7. The maximum absolute atomic E-state index is 11.6. The van der Waals surface area contributed by atoms with Gasteiger partial charge in [0.05, 0.1) is 18.6 Å². The largest absolute Gasteiger partial charge is 0.495 e. The molecule has 0 heterocycles. The predicted octanol–water partition coefficient (Wildman–Crippen LogP) is 3.63. The first-order valence-electron chi connectivity index (χ1n) is 7.45. The molecule has 0 saturated heterocycles. The van der Waals surface area contributed by atoms with Gasteiger partial charge in [0.1, 0.15) is 5.75 Å². The summed E-state index contributed by atoms with van der Waals surface area (Å²) >= 11 is 0. The quantitative estimate of drug-likeness (QED) is 0.811. The Morgan fingerprint density at radius 1 is 1.09 bits per heavy atom. The van der Waals surface area contributed by atoms with E-state index in [1.54, 1.807) is 26.2 Å². The summed E-state index contributed by atoms with van der Waals surface area (Å²) in [6.45, 7) is 3.65. The van der Waals surface area contributed by atoms with Gasteiger partial charge in [0, 0.05) is 11.7 Å². The third kappa shape index (κ3) is 4.63. The fourth-order valence-corrected chi connectivity index (χ4v) is 2.81. The molecule has 0 radical (unpaired) electrons. The molecule has 2 rings (SSSR count). The number of hydrogen-bond acceptors (Lipinski definition) is 4. The van der Waals surface area contributed by atoms with Crippen LogP contribution >= 0.6 is 0 Å². The van der Waals surface area contributed by atoms with Gasteiger partial charge < -0.3 is 10.1 Å². The second-order valence-electron chi connectivity index (χ2n) is 5.19. The topological polar surface area (TPSA) is 67.4 Å². The molecule has 0 unspecified atom stereocenters. The molecule has 0 aliphatic heterocycles. The van der Waals surface area contributed by atoms with E-state index in [9.17, 15) is 8.42 Å². The minimum absolute atomic E-state index is 0.0561. The van der Waals surface area contributed by atoms with Crippen LogP contribution in [0.4, 0.5) is 11.4 Å². The maximum atomic E-state index is 11.6. The maximum Gasteiger partial charge on any atom is 0.232 e. The van der Waals surface area contributed by atoms with Crippen molar-refractivity contribution in [1.29, 1.82) is 0 Å². The van der Waals surface area contributed by atoms with Crippen molar-refractivity contribution in [3.8, 4) is 5.75 Å². The zero-order chi connectivity index (χ0) is 16.9. The molecule has 23 heavy (non-hydrogen) atoms. The van der Waals surface area contributed by atoms with Gasteiger partial charge in [0.2, 0.25) is 10.0 Å². The minimum atomic E-state index is -3.25. The molecule has 0 saturated carbocycles. The van der Waals surface area contributed by atoms with Gasteiger partial charge in [-0.15, -0.1) is 0 Å². The molecule has 5 nitrogen and oxygen atoms in total. The van der Waals surface area contributed by atoms with Gasteiger partial charge in [-0.3, -0.25) is 4.72 Å². The highest BCUT2D eigenvalue weighted by Gasteiger charge is 2.10. The lowest BCUT2D eigenvalue weighted by molar-refractivity contribution is 0.416. The molecule has 0 aliphatic carbocycles. The SMILES string of the molecule is CCS(=O)(=O)Nc1ccc([C@H](C)Nc2ccccc2OC)cc1. The number of sulfonamides is 1. The smallest absolute Gasteiger partial charge is 0.232 e. The average Bonchev–Trinajstić information content (AvgIpc) is 2.55. The van der Waals surface area contributed by atoms with Gasteiger partial charge in [0.25, 0.3) is 0 Å². The lowest BCUT2D eigenvalue weighted by Gasteiger charge is -2.18. The second-order valence-corrected chi connectivity index (χ2v) is 7.20. The summed E-state index contributed by atoms with van der Waals surface area (Å²) in [5, 5.41) is 3.39. The van der Waals surface area contributed by atoms with Crippen LogP contribution in [0.25, 0.3) is 0 Å². The van der Waals surface area contributed by atoms with Crippen LogP contribution in [0, 0.1) is 0 Å². The zero-order valence-corrected chi connectivity index (χ0v) is 14.4. The number of nitrogens with one attached hydrogen (secondary N) is 2. The van der Waals surface area contributed by atoms with Crippen LogP contribution in [-0.2, 0) is 10.0 Å². The van der Waals surface area contributed by atoms with E-state index in [0.717, 1.165) is 17.0 Å². The molecule has 0 bridgehead atoms. The Morgan fingerprint density at radius 2 is 1.74 bits per heavy atom. The van der Waals surface area contributed by atoms with Crippen molar-refractivity contribution in [3.63, 3.8) is 0 Å². The van der Waals surface area contributed by atoms with E-state index < -0.39 is 10.0 Å². The fraction of sp³-hybridized carbons (Fsp3) is 0.294.